The molecule has 2 aromatic carbocycles. The normalized spacial score (nSPS) is 15.8. The van der Waals surface area contributed by atoms with Crippen LogP contribution < -0.4 is 16.4 Å². The van der Waals surface area contributed by atoms with Crippen molar-refractivity contribution in [3.8, 4) is 0 Å². The molecule has 4 N–H and O–H groups in total. The van der Waals surface area contributed by atoms with Gasteiger partial charge < -0.3 is 21.3 Å². The zero-order valence-corrected chi connectivity index (χ0v) is 25.8. The highest BCUT2D eigenvalue weighted by atomic mass is 19.1. The minimum atomic E-state index is -0.753. The maximum Gasteiger partial charge on any atom is 0.253 e. The molecule has 9 heteroatoms. The van der Waals surface area contributed by atoms with Crippen LogP contribution in [0.4, 0.5) is 8.78 Å². The number of rotatable bonds is 15. The van der Waals surface area contributed by atoms with Gasteiger partial charge in [-0.2, -0.15) is 0 Å². The molecule has 43 heavy (non-hydrogen) atoms. The lowest BCUT2D eigenvalue weighted by Gasteiger charge is -2.28. The van der Waals surface area contributed by atoms with Crippen molar-refractivity contribution in [2.45, 2.75) is 90.6 Å². The number of nitrogens with zero attached hydrogens (tertiary/aromatic N) is 1. The number of halogens is 2. The molecule has 0 heterocycles. The Morgan fingerprint density at radius 2 is 1.65 bits per heavy atom. The van der Waals surface area contributed by atoms with E-state index in [2.05, 4.69) is 10.6 Å². The van der Waals surface area contributed by atoms with Gasteiger partial charge in [-0.25, -0.2) is 8.78 Å². The fraction of sp³-hybridized carbons (Fsp3) is 0.559. The average Bonchev–Trinajstić information content (AvgIpc) is 3.00. The molecule has 3 amide bonds. The molecule has 0 saturated heterocycles. The maximum atomic E-state index is 14.6. The summed E-state index contributed by atoms with van der Waals surface area (Å²) in [6, 6.07) is 8.36. The van der Waals surface area contributed by atoms with Crippen LogP contribution in [0.2, 0.25) is 0 Å². The Hall–Kier alpha value is -3.33. The van der Waals surface area contributed by atoms with E-state index >= 15 is 0 Å². The molecule has 1 aliphatic carbocycles. The van der Waals surface area contributed by atoms with E-state index in [1.54, 1.807) is 36.1 Å². The van der Waals surface area contributed by atoms with E-state index in [-0.39, 0.29) is 35.8 Å². The Kier molecular flexibility index (Phi) is 13.6. The van der Waals surface area contributed by atoms with E-state index in [4.69, 9.17) is 5.73 Å². The molecule has 0 unspecified atom stereocenters. The molecule has 2 aromatic rings. The zero-order valence-electron chi connectivity index (χ0n) is 25.8. The summed E-state index contributed by atoms with van der Waals surface area (Å²) in [4.78, 5) is 41.3. The smallest absolute Gasteiger partial charge is 0.253 e. The zero-order chi connectivity index (χ0) is 31.4. The van der Waals surface area contributed by atoms with Crippen molar-refractivity contribution in [1.29, 1.82) is 0 Å². The molecule has 0 spiro atoms. The molecule has 0 aliphatic heterocycles. The highest BCUT2D eigenvalue weighted by Crippen LogP contribution is 2.23. The lowest BCUT2D eigenvalue weighted by molar-refractivity contribution is -0.125. The summed E-state index contributed by atoms with van der Waals surface area (Å²) in [6.45, 7) is 7.69. The van der Waals surface area contributed by atoms with E-state index in [9.17, 15) is 23.2 Å². The van der Waals surface area contributed by atoms with Gasteiger partial charge in [0.05, 0.1) is 0 Å². The minimum Gasteiger partial charge on any atom is -0.356 e. The fourth-order valence-corrected chi connectivity index (χ4v) is 5.81. The topological polar surface area (TPSA) is 105 Å². The quantitative estimate of drug-likeness (QED) is 0.248. The molecule has 0 bridgehead atoms. The van der Waals surface area contributed by atoms with Crippen molar-refractivity contribution >= 4 is 17.7 Å². The molecule has 1 saturated carbocycles. The predicted molar refractivity (Wildman–Crippen MR) is 166 cm³/mol. The van der Waals surface area contributed by atoms with Crippen molar-refractivity contribution in [3.05, 3.63) is 70.8 Å². The molecular weight excluding hydrogens is 550 g/mol. The number of nitrogens with one attached hydrogen (secondary N) is 2. The van der Waals surface area contributed by atoms with Gasteiger partial charge in [-0.15, -0.1) is 0 Å². The van der Waals surface area contributed by atoms with Crippen LogP contribution in [0.25, 0.3) is 0 Å². The summed E-state index contributed by atoms with van der Waals surface area (Å²) in [5, 5.41) is 5.97. The molecule has 3 atom stereocenters. The molecule has 7 nitrogen and oxygen atoms in total. The molecule has 3 rings (SSSR count). The Balaban J connectivity index is 1.74. The average molecular weight is 599 g/mol. The van der Waals surface area contributed by atoms with Gasteiger partial charge in [0, 0.05) is 54.8 Å². The number of hydrogen-bond donors (Lipinski definition) is 3. The second-order valence-electron chi connectivity index (χ2n) is 11.9. The van der Waals surface area contributed by atoms with Crippen LogP contribution in [-0.2, 0) is 11.2 Å². The highest BCUT2D eigenvalue weighted by Gasteiger charge is 2.27. The number of amides is 3. The third-order valence-electron chi connectivity index (χ3n) is 8.30. The van der Waals surface area contributed by atoms with Crippen molar-refractivity contribution in [2.24, 2.45) is 17.6 Å². The third kappa shape index (κ3) is 10.4. The van der Waals surface area contributed by atoms with Gasteiger partial charge in [0.2, 0.25) is 5.91 Å². The first kappa shape index (κ1) is 34.2. The fourth-order valence-electron chi connectivity index (χ4n) is 5.81. The lowest BCUT2D eigenvalue weighted by Crippen LogP contribution is -2.50. The van der Waals surface area contributed by atoms with Crippen LogP contribution in [-0.4, -0.2) is 54.3 Å². The number of benzene rings is 2. The van der Waals surface area contributed by atoms with Crippen LogP contribution in [0, 0.1) is 23.5 Å². The van der Waals surface area contributed by atoms with Gasteiger partial charge in [0.1, 0.15) is 11.6 Å². The van der Waals surface area contributed by atoms with E-state index in [1.807, 2.05) is 13.8 Å². The van der Waals surface area contributed by atoms with Crippen LogP contribution in [0.15, 0.2) is 42.5 Å². The Labute approximate surface area is 255 Å². The molecule has 1 aliphatic rings. The van der Waals surface area contributed by atoms with Gasteiger partial charge in [0.15, 0.2) is 0 Å². The summed E-state index contributed by atoms with van der Waals surface area (Å²) >= 11 is 0. The van der Waals surface area contributed by atoms with Crippen molar-refractivity contribution in [2.75, 3.05) is 19.6 Å². The van der Waals surface area contributed by atoms with Crippen LogP contribution in [0.3, 0.4) is 0 Å². The Morgan fingerprint density at radius 3 is 2.30 bits per heavy atom. The standard InChI is InChI=1S/C34H48F2N4O3/c1-4-16-40(17-5-2)34(43)27-13-9-12-26(19-27)33(42)39-31(20-25-14-15-28(35)21-29(25)36)30(37)18-23(3)32(41)38-22-24-10-7-6-8-11-24/h9,12-15,19,21,23-24,30-31H,4-8,10-11,16-18,20,22,37H2,1-3H3,(H,38,41)(H,39,42)/t23-,30+,31+/m1/s1. The first-order chi connectivity index (χ1) is 20.6. The number of hydrogen-bond acceptors (Lipinski definition) is 4. The number of nitrogens with two attached hydrogens (primary N) is 1. The second-order valence-corrected chi connectivity index (χ2v) is 11.9. The summed E-state index contributed by atoms with van der Waals surface area (Å²) in [5.41, 5.74) is 7.46. The van der Waals surface area contributed by atoms with Crippen molar-refractivity contribution in [1.82, 2.24) is 15.5 Å². The Bertz CT molecular complexity index is 1210. The van der Waals surface area contributed by atoms with E-state index in [1.165, 1.54) is 25.3 Å². The monoisotopic (exact) mass is 598 g/mol. The summed E-state index contributed by atoms with van der Waals surface area (Å²) in [7, 11) is 0. The summed E-state index contributed by atoms with van der Waals surface area (Å²) in [6.07, 6.45) is 7.77. The molecule has 1 fully saturated rings. The van der Waals surface area contributed by atoms with Crippen molar-refractivity contribution in [3.63, 3.8) is 0 Å². The minimum absolute atomic E-state index is 0.00876. The Morgan fingerprint density at radius 1 is 0.977 bits per heavy atom. The van der Waals surface area contributed by atoms with Gasteiger partial charge in [0.25, 0.3) is 11.8 Å². The van der Waals surface area contributed by atoms with E-state index in [0.29, 0.717) is 31.1 Å². The SMILES string of the molecule is CCCN(CCC)C(=O)c1cccc(C(=O)N[C@@H](Cc2ccc(F)cc2F)[C@@H](N)C[C@@H](C)C(=O)NCC2CCCCC2)c1. The first-order valence-corrected chi connectivity index (χ1v) is 15.8. The van der Waals surface area contributed by atoms with Gasteiger partial charge in [-0.05, 0) is 74.3 Å². The number of carbonyl (C=O) groups excluding carboxylic acids is 3. The van der Waals surface area contributed by atoms with Crippen LogP contribution in [0.1, 0.15) is 98.4 Å². The number of carbonyl (C=O) groups is 3. The van der Waals surface area contributed by atoms with Gasteiger partial charge >= 0.3 is 0 Å². The largest absolute Gasteiger partial charge is 0.356 e. The highest BCUT2D eigenvalue weighted by molar-refractivity contribution is 5.99. The van der Waals surface area contributed by atoms with Crippen LogP contribution >= 0.6 is 0 Å². The third-order valence-corrected chi connectivity index (χ3v) is 8.30. The maximum absolute atomic E-state index is 14.6. The van der Waals surface area contributed by atoms with E-state index < -0.39 is 35.5 Å². The molecule has 0 radical (unpaired) electrons. The van der Waals surface area contributed by atoms with E-state index in [0.717, 1.165) is 37.8 Å². The molecule has 236 valence electrons. The predicted octanol–water partition coefficient (Wildman–Crippen LogP) is 5.62. The summed E-state index contributed by atoms with van der Waals surface area (Å²) in [5.74, 6) is -2.09. The van der Waals surface area contributed by atoms with Crippen molar-refractivity contribution < 1.29 is 23.2 Å². The van der Waals surface area contributed by atoms with Gasteiger partial charge in [-0.1, -0.05) is 52.2 Å². The van der Waals surface area contributed by atoms with Crippen LogP contribution in [0.5, 0.6) is 0 Å². The van der Waals surface area contributed by atoms with Gasteiger partial charge in [-0.3, -0.25) is 14.4 Å². The first-order valence-electron chi connectivity index (χ1n) is 15.8. The lowest BCUT2D eigenvalue weighted by atomic mass is 9.89. The molecule has 0 aromatic heterocycles. The summed E-state index contributed by atoms with van der Waals surface area (Å²) < 4.78 is 28.2. The second kappa shape index (κ2) is 17.1. The molecular formula is C34H48F2N4O3.